The second kappa shape index (κ2) is 11.7. The summed E-state index contributed by atoms with van der Waals surface area (Å²) in [4.78, 5) is 18.6. The Morgan fingerprint density at radius 1 is 1.45 bits per heavy atom. The first-order valence-corrected chi connectivity index (χ1v) is 11.7. The van der Waals surface area contributed by atoms with E-state index in [9.17, 15) is 9.90 Å². The van der Waals surface area contributed by atoms with E-state index in [1.165, 1.54) is 0 Å². The van der Waals surface area contributed by atoms with E-state index in [-0.39, 0.29) is 0 Å². The predicted octanol–water partition coefficient (Wildman–Crippen LogP) is 4.95. The van der Waals surface area contributed by atoms with Crippen molar-refractivity contribution in [2.75, 3.05) is 19.7 Å². The van der Waals surface area contributed by atoms with Gasteiger partial charge in [-0.25, -0.2) is 4.98 Å². The number of hydrogen-bond acceptors (Lipinski definition) is 5. The minimum atomic E-state index is -0.823. The van der Waals surface area contributed by atoms with Gasteiger partial charge in [-0.05, 0) is 67.8 Å². The number of carbonyl (C=O) groups is 1. The number of aromatic nitrogens is 1. The second-order valence-electron chi connectivity index (χ2n) is 8.84. The Bertz CT molecular complexity index is 1030. The van der Waals surface area contributed by atoms with Crippen molar-refractivity contribution in [3.63, 3.8) is 0 Å². The van der Waals surface area contributed by atoms with Crippen LogP contribution in [0.2, 0.25) is 0 Å². The first kappa shape index (κ1) is 24.6. The fourth-order valence-corrected chi connectivity index (χ4v) is 4.01. The van der Waals surface area contributed by atoms with Crippen LogP contribution in [0.5, 0.6) is 5.75 Å². The van der Waals surface area contributed by atoms with E-state index in [2.05, 4.69) is 37.3 Å². The van der Waals surface area contributed by atoms with Crippen molar-refractivity contribution in [3.8, 4) is 17.6 Å². The molecule has 33 heavy (non-hydrogen) atoms. The Labute approximate surface area is 196 Å². The summed E-state index contributed by atoms with van der Waals surface area (Å²) in [6.07, 6.45) is 5.89. The molecule has 1 aromatic carbocycles. The van der Waals surface area contributed by atoms with Crippen molar-refractivity contribution in [3.05, 3.63) is 59.3 Å². The van der Waals surface area contributed by atoms with Gasteiger partial charge in [-0.3, -0.25) is 9.69 Å². The van der Waals surface area contributed by atoms with E-state index in [0.717, 1.165) is 61.4 Å². The molecule has 2 aromatic rings. The maximum atomic E-state index is 12.1. The number of hydrogen-bond donors (Lipinski definition) is 1. The molecule has 0 amide bonds. The Kier molecular flexibility index (Phi) is 8.73. The summed E-state index contributed by atoms with van der Waals surface area (Å²) >= 11 is 0. The van der Waals surface area contributed by atoms with Crippen LogP contribution in [0.3, 0.4) is 0 Å². The number of ether oxygens (including phenoxy) is 1. The summed E-state index contributed by atoms with van der Waals surface area (Å²) in [5.41, 5.74) is 2.73. The lowest BCUT2D eigenvalue weighted by Crippen LogP contribution is -2.40. The molecule has 1 N–H and O–H groups in total. The lowest BCUT2D eigenvalue weighted by atomic mass is 9.92. The van der Waals surface area contributed by atoms with Gasteiger partial charge in [-0.2, -0.15) is 0 Å². The minimum Gasteiger partial charge on any atom is -0.493 e. The SMILES string of the molecule is C=CCCCN1CCc2ccc(OCCc3nc(C#CCC(C)C)oc3C)cc2C1C(=O)O. The average molecular weight is 451 g/mol. The molecule has 0 spiro atoms. The van der Waals surface area contributed by atoms with Crippen LogP contribution in [0, 0.1) is 24.7 Å². The van der Waals surface area contributed by atoms with Gasteiger partial charge in [-0.1, -0.05) is 31.9 Å². The zero-order chi connectivity index (χ0) is 23.8. The summed E-state index contributed by atoms with van der Waals surface area (Å²) < 4.78 is 11.6. The summed E-state index contributed by atoms with van der Waals surface area (Å²) in [6.45, 7) is 11.8. The van der Waals surface area contributed by atoms with E-state index in [4.69, 9.17) is 9.15 Å². The number of oxazole rings is 1. The number of aliphatic carboxylic acids is 1. The molecule has 3 rings (SSSR count). The Morgan fingerprint density at radius 2 is 2.27 bits per heavy atom. The number of unbranched alkanes of at least 4 members (excludes halogenated alkanes) is 1. The molecule has 0 fully saturated rings. The highest BCUT2D eigenvalue weighted by Crippen LogP contribution is 2.33. The molecule has 1 unspecified atom stereocenters. The van der Waals surface area contributed by atoms with Crippen molar-refractivity contribution in [2.45, 2.75) is 58.9 Å². The highest BCUT2D eigenvalue weighted by molar-refractivity contribution is 5.77. The fraction of sp³-hybridized carbons (Fsp3) is 0.481. The Balaban J connectivity index is 1.64. The van der Waals surface area contributed by atoms with Gasteiger partial charge in [0.15, 0.2) is 0 Å². The predicted molar refractivity (Wildman–Crippen MR) is 128 cm³/mol. The number of benzene rings is 1. The van der Waals surface area contributed by atoms with Crippen LogP contribution >= 0.6 is 0 Å². The van der Waals surface area contributed by atoms with Crippen LogP contribution in [-0.4, -0.2) is 40.7 Å². The zero-order valence-electron chi connectivity index (χ0n) is 19.9. The van der Waals surface area contributed by atoms with Gasteiger partial charge >= 0.3 is 5.97 Å². The van der Waals surface area contributed by atoms with Crippen LogP contribution in [0.15, 0.2) is 35.3 Å². The smallest absolute Gasteiger partial charge is 0.325 e. The molecular formula is C27H34N2O4. The van der Waals surface area contributed by atoms with E-state index >= 15 is 0 Å². The number of allylic oxidation sites excluding steroid dienone is 1. The highest BCUT2D eigenvalue weighted by Gasteiger charge is 2.32. The van der Waals surface area contributed by atoms with Gasteiger partial charge in [0.05, 0.1) is 12.3 Å². The lowest BCUT2D eigenvalue weighted by Gasteiger charge is -2.35. The van der Waals surface area contributed by atoms with Crippen LogP contribution in [0.4, 0.5) is 0 Å². The molecule has 0 saturated heterocycles. The molecule has 0 radical (unpaired) electrons. The topological polar surface area (TPSA) is 75.8 Å². The molecule has 1 aliphatic heterocycles. The minimum absolute atomic E-state index is 0.422. The van der Waals surface area contributed by atoms with Gasteiger partial charge in [0.2, 0.25) is 0 Å². The molecule has 6 heteroatoms. The van der Waals surface area contributed by atoms with Gasteiger partial charge in [0.1, 0.15) is 17.6 Å². The number of carboxylic acid groups (broad SMARTS) is 1. The summed E-state index contributed by atoms with van der Waals surface area (Å²) in [5.74, 6) is 7.63. The lowest BCUT2D eigenvalue weighted by molar-refractivity contribution is -0.144. The van der Waals surface area contributed by atoms with E-state index < -0.39 is 12.0 Å². The number of fused-ring (bicyclic) bond motifs is 1. The van der Waals surface area contributed by atoms with Gasteiger partial charge in [-0.15, -0.1) is 6.58 Å². The van der Waals surface area contributed by atoms with Crippen molar-refractivity contribution in [1.29, 1.82) is 0 Å². The first-order valence-electron chi connectivity index (χ1n) is 11.7. The Hall–Kier alpha value is -3.04. The molecule has 176 valence electrons. The summed E-state index contributed by atoms with van der Waals surface area (Å²) in [5, 5.41) is 9.92. The normalized spacial score (nSPS) is 15.6. The monoisotopic (exact) mass is 450 g/mol. The highest BCUT2D eigenvalue weighted by atomic mass is 16.5. The molecule has 1 atom stereocenters. The van der Waals surface area contributed by atoms with Crippen molar-refractivity contribution in [1.82, 2.24) is 9.88 Å². The largest absolute Gasteiger partial charge is 0.493 e. The number of nitrogens with zero attached hydrogens (tertiary/aromatic N) is 2. The molecule has 0 aliphatic carbocycles. The molecule has 2 heterocycles. The third kappa shape index (κ3) is 6.72. The fourth-order valence-electron chi connectivity index (χ4n) is 4.01. The summed E-state index contributed by atoms with van der Waals surface area (Å²) in [7, 11) is 0. The quantitative estimate of drug-likeness (QED) is 0.314. The average Bonchev–Trinajstić information content (AvgIpc) is 3.12. The van der Waals surface area contributed by atoms with E-state index in [1.54, 1.807) is 0 Å². The van der Waals surface area contributed by atoms with E-state index in [0.29, 0.717) is 30.6 Å². The molecule has 0 saturated carbocycles. The second-order valence-corrected chi connectivity index (χ2v) is 8.84. The van der Waals surface area contributed by atoms with Crippen LogP contribution in [0.1, 0.15) is 67.6 Å². The van der Waals surface area contributed by atoms with Crippen molar-refractivity contribution in [2.24, 2.45) is 5.92 Å². The third-order valence-electron chi connectivity index (χ3n) is 5.74. The number of rotatable bonds is 10. The van der Waals surface area contributed by atoms with Crippen molar-refractivity contribution >= 4 is 5.97 Å². The maximum Gasteiger partial charge on any atom is 0.325 e. The molecular weight excluding hydrogens is 416 g/mol. The standard InChI is InChI=1S/C27H34N2O4/c1-5-6-7-15-29-16-13-21-11-12-22(18-23(21)26(29)27(30)31)32-17-14-24-20(4)33-25(28-24)10-8-9-19(2)3/h5,11-12,18-19,26H,1,6-7,9,13-17H2,2-4H3,(H,30,31). The molecule has 6 nitrogen and oxygen atoms in total. The molecule has 1 aromatic heterocycles. The number of aryl methyl sites for hydroxylation is 1. The first-order chi connectivity index (χ1) is 15.9. The zero-order valence-corrected chi connectivity index (χ0v) is 19.9. The molecule has 1 aliphatic rings. The van der Waals surface area contributed by atoms with Crippen LogP contribution in [-0.2, 0) is 17.6 Å². The maximum absolute atomic E-state index is 12.1. The molecule has 0 bridgehead atoms. The van der Waals surface area contributed by atoms with Crippen LogP contribution in [0.25, 0.3) is 0 Å². The number of carboxylic acids is 1. The third-order valence-corrected chi connectivity index (χ3v) is 5.74. The summed E-state index contributed by atoms with van der Waals surface area (Å²) in [6, 6.07) is 5.15. The van der Waals surface area contributed by atoms with Crippen molar-refractivity contribution < 1.29 is 19.1 Å². The Morgan fingerprint density at radius 3 is 3.00 bits per heavy atom. The van der Waals surface area contributed by atoms with Crippen LogP contribution < -0.4 is 4.74 Å². The van der Waals surface area contributed by atoms with Gasteiger partial charge in [0.25, 0.3) is 5.89 Å². The van der Waals surface area contributed by atoms with E-state index in [1.807, 2.05) is 36.1 Å². The van der Waals surface area contributed by atoms with Gasteiger partial charge < -0.3 is 14.3 Å². The van der Waals surface area contributed by atoms with Gasteiger partial charge in [0, 0.05) is 19.4 Å².